The van der Waals surface area contributed by atoms with Crippen molar-refractivity contribution in [1.82, 2.24) is 4.98 Å². The third-order valence-electron chi connectivity index (χ3n) is 3.64. The van der Waals surface area contributed by atoms with Gasteiger partial charge in [-0.3, -0.25) is 4.79 Å². The lowest BCUT2D eigenvalue weighted by Gasteiger charge is -2.31. The Morgan fingerprint density at radius 3 is 2.60 bits per heavy atom. The highest BCUT2D eigenvalue weighted by molar-refractivity contribution is 6.01. The van der Waals surface area contributed by atoms with Crippen molar-refractivity contribution in [3.05, 3.63) is 48.3 Å². The zero-order valence-corrected chi connectivity index (χ0v) is 13.9. The van der Waals surface area contributed by atoms with E-state index < -0.39 is 24.1 Å². The molecule has 0 fully saturated rings. The minimum absolute atomic E-state index is 0.0440. The summed E-state index contributed by atoms with van der Waals surface area (Å²) in [5, 5.41) is 2.67. The molecule has 0 bridgehead atoms. The number of aromatic nitrogens is 1. The fourth-order valence-electron chi connectivity index (χ4n) is 2.48. The molecule has 1 aromatic heterocycles. The standard InChI is InChI=1S/C18H18N2O5/c1-3-23-18(22)15-12(7-6-10-19-15)20-17(21)16-11(2)24-13-8-4-5-9-14(13)25-16/h4-11,16H,3H2,1-2H3,(H,20,21)/t11-,16+/m1/s1. The van der Waals surface area contributed by atoms with E-state index in [1.807, 2.05) is 6.07 Å². The maximum Gasteiger partial charge on any atom is 0.359 e. The third-order valence-corrected chi connectivity index (χ3v) is 3.64. The van der Waals surface area contributed by atoms with Gasteiger partial charge in [-0.25, -0.2) is 9.78 Å². The van der Waals surface area contributed by atoms with E-state index in [-0.39, 0.29) is 18.0 Å². The number of nitrogens with one attached hydrogen (secondary N) is 1. The molecule has 0 radical (unpaired) electrons. The molecule has 25 heavy (non-hydrogen) atoms. The molecule has 2 atom stereocenters. The summed E-state index contributed by atoms with van der Waals surface area (Å²) in [7, 11) is 0. The van der Waals surface area contributed by atoms with E-state index in [2.05, 4.69) is 10.3 Å². The van der Waals surface area contributed by atoms with Crippen LogP contribution in [-0.4, -0.2) is 35.7 Å². The SMILES string of the molecule is CCOC(=O)c1ncccc1NC(=O)[C@H]1Oc2ccccc2O[C@@H]1C. The first-order valence-electron chi connectivity index (χ1n) is 7.95. The number of carbonyl (C=O) groups is 2. The molecule has 0 saturated heterocycles. The van der Waals surface area contributed by atoms with Crippen molar-refractivity contribution in [2.75, 3.05) is 11.9 Å². The molecule has 2 heterocycles. The smallest absolute Gasteiger partial charge is 0.359 e. The number of benzene rings is 1. The van der Waals surface area contributed by atoms with Crippen LogP contribution >= 0.6 is 0 Å². The maximum absolute atomic E-state index is 12.6. The van der Waals surface area contributed by atoms with Crippen LogP contribution in [-0.2, 0) is 9.53 Å². The number of fused-ring (bicyclic) bond motifs is 1. The molecule has 7 heteroatoms. The van der Waals surface area contributed by atoms with Crippen LogP contribution < -0.4 is 14.8 Å². The van der Waals surface area contributed by atoms with Crippen LogP contribution in [0.2, 0.25) is 0 Å². The number of amides is 1. The van der Waals surface area contributed by atoms with E-state index in [4.69, 9.17) is 14.2 Å². The van der Waals surface area contributed by atoms with Crippen molar-refractivity contribution >= 4 is 17.6 Å². The topological polar surface area (TPSA) is 86.8 Å². The van der Waals surface area contributed by atoms with E-state index >= 15 is 0 Å². The van der Waals surface area contributed by atoms with Gasteiger partial charge in [0.15, 0.2) is 17.2 Å². The molecular formula is C18H18N2O5. The summed E-state index contributed by atoms with van der Waals surface area (Å²) < 4.78 is 16.4. The Labute approximate surface area is 144 Å². The van der Waals surface area contributed by atoms with Gasteiger partial charge in [0.1, 0.15) is 6.10 Å². The van der Waals surface area contributed by atoms with Gasteiger partial charge in [0, 0.05) is 6.20 Å². The van der Waals surface area contributed by atoms with Crippen LogP contribution in [0.4, 0.5) is 5.69 Å². The number of carbonyl (C=O) groups excluding carboxylic acids is 2. The van der Waals surface area contributed by atoms with Gasteiger partial charge < -0.3 is 19.5 Å². The lowest BCUT2D eigenvalue weighted by Crippen LogP contribution is -2.46. The summed E-state index contributed by atoms with van der Waals surface area (Å²) in [6, 6.07) is 10.3. The Morgan fingerprint density at radius 1 is 1.16 bits per heavy atom. The normalized spacial score (nSPS) is 18.3. The van der Waals surface area contributed by atoms with Crippen molar-refractivity contribution in [2.45, 2.75) is 26.1 Å². The number of esters is 1. The molecule has 1 N–H and O–H groups in total. The second-order valence-electron chi connectivity index (χ2n) is 5.42. The number of para-hydroxylation sites is 2. The van der Waals surface area contributed by atoms with Gasteiger partial charge in [-0.2, -0.15) is 0 Å². The Kier molecular flexibility index (Phi) is 4.83. The van der Waals surface area contributed by atoms with Gasteiger partial charge in [-0.15, -0.1) is 0 Å². The number of rotatable bonds is 4. The van der Waals surface area contributed by atoms with Gasteiger partial charge in [0.25, 0.3) is 5.91 Å². The number of ether oxygens (including phenoxy) is 3. The van der Waals surface area contributed by atoms with Gasteiger partial charge in [-0.1, -0.05) is 12.1 Å². The lowest BCUT2D eigenvalue weighted by atomic mass is 10.1. The van der Waals surface area contributed by atoms with Crippen LogP contribution in [0.1, 0.15) is 24.3 Å². The molecule has 0 saturated carbocycles. The highest BCUT2D eigenvalue weighted by Crippen LogP contribution is 2.33. The third kappa shape index (κ3) is 3.55. The number of nitrogens with zero attached hydrogens (tertiary/aromatic N) is 1. The van der Waals surface area contributed by atoms with Gasteiger partial charge in [0.2, 0.25) is 6.10 Å². The number of pyridine rings is 1. The van der Waals surface area contributed by atoms with Crippen molar-refractivity contribution < 1.29 is 23.8 Å². The second-order valence-corrected chi connectivity index (χ2v) is 5.42. The zero-order valence-electron chi connectivity index (χ0n) is 13.9. The highest BCUT2D eigenvalue weighted by Gasteiger charge is 2.34. The molecule has 2 aromatic rings. The van der Waals surface area contributed by atoms with Gasteiger partial charge in [-0.05, 0) is 38.1 Å². The Balaban J connectivity index is 1.78. The Hall–Kier alpha value is -3.09. The van der Waals surface area contributed by atoms with E-state index in [1.165, 1.54) is 6.20 Å². The Bertz CT molecular complexity index is 793. The summed E-state index contributed by atoms with van der Waals surface area (Å²) in [5.74, 6) is 0.0587. The van der Waals surface area contributed by atoms with Crippen LogP contribution in [0.5, 0.6) is 11.5 Å². The molecular weight excluding hydrogens is 324 g/mol. The van der Waals surface area contributed by atoms with Crippen molar-refractivity contribution in [3.63, 3.8) is 0 Å². The van der Waals surface area contributed by atoms with Crippen LogP contribution in [0, 0.1) is 0 Å². The lowest BCUT2D eigenvalue weighted by molar-refractivity contribution is -0.128. The van der Waals surface area contributed by atoms with E-state index in [0.29, 0.717) is 11.5 Å². The number of anilines is 1. The van der Waals surface area contributed by atoms with E-state index in [1.54, 1.807) is 44.2 Å². The summed E-state index contributed by atoms with van der Waals surface area (Å²) in [4.78, 5) is 28.6. The predicted molar refractivity (Wildman–Crippen MR) is 89.8 cm³/mol. The van der Waals surface area contributed by atoms with Crippen molar-refractivity contribution in [2.24, 2.45) is 0 Å². The first-order chi connectivity index (χ1) is 12.1. The summed E-state index contributed by atoms with van der Waals surface area (Å²) in [6.45, 7) is 3.66. The molecule has 1 aliphatic rings. The average molecular weight is 342 g/mol. The van der Waals surface area contributed by atoms with Crippen molar-refractivity contribution in [1.29, 1.82) is 0 Å². The molecule has 1 aromatic carbocycles. The van der Waals surface area contributed by atoms with Gasteiger partial charge in [0.05, 0.1) is 12.3 Å². The van der Waals surface area contributed by atoms with Crippen molar-refractivity contribution in [3.8, 4) is 11.5 Å². The van der Waals surface area contributed by atoms with Crippen LogP contribution in [0.15, 0.2) is 42.6 Å². The second kappa shape index (κ2) is 7.21. The number of hydrogen-bond donors (Lipinski definition) is 1. The largest absolute Gasteiger partial charge is 0.482 e. The highest BCUT2D eigenvalue weighted by atomic mass is 16.6. The van der Waals surface area contributed by atoms with Crippen LogP contribution in [0.25, 0.3) is 0 Å². The molecule has 1 amide bonds. The zero-order chi connectivity index (χ0) is 17.8. The number of hydrogen-bond acceptors (Lipinski definition) is 6. The maximum atomic E-state index is 12.6. The fraction of sp³-hybridized carbons (Fsp3) is 0.278. The van der Waals surface area contributed by atoms with E-state index in [0.717, 1.165) is 0 Å². The monoisotopic (exact) mass is 342 g/mol. The summed E-state index contributed by atoms with van der Waals surface area (Å²) in [5.41, 5.74) is 0.308. The molecule has 0 unspecified atom stereocenters. The minimum Gasteiger partial charge on any atom is -0.482 e. The summed E-state index contributed by atoms with van der Waals surface area (Å²) in [6.07, 6.45) is 0.115. The molecule has 1 aliphatic heterocycles. The summed E-state index contributed by atoms with van der Waals surface area (Å²) >= 11 is 0. The quantitative estimate of drug-likeness (QED) is 0.859. The molecule has 3 rings (SSSR count). The minimum atomic E-state index is -0.856. The Morgan fingerprint density at radius 2 is 1.88 bits per heavy atom. The molecule has 0 spiro atoms. The first kappa shape index (κ1) is 16.8. The van der Waals surface area contributed by atoms with Gasteiger partial charge >= 0.3 is 5.97 Å². The van der Waals surface area contributed by atoms with E-state index in [9.17, 15) is 9.59 Å². The molecule has 0 aliphatic carbocycles. The predicted octanol–water partition coefficient (Wildman–Crippen LogP) is 2.43. The van der Waals surface area contributed by atoms with Crippen LogP contribution in [0.3, 0.4) is 0 Å². The molecule has 130 valence electrons. The average Bonchev–Trinajstić information content (AvgIpc) is 2.61. The fourth-order valence-corrected chi connectivity index (χ4v) is 2.48. The first-order valence-corrected chi connectivity index (χ1v) is 7.95. The molecule has 7 nitrogen and oxygen atoms in total.